The molecule has 0 radical (unpaired) electrons. The molecule has 1 aliphatic heterocycles. The topological polar surface area (TPSA) is 91.2 Å². The molecule has 0 spiro atoms. The molecule has 0 saturated heterocycles. The molecule has 0 aliphatic carbocycles. The van der Waals surface area contributed by atoms with Gasteiger partial charge >= 0.3 is 5.97 Å². The van der Waals surface area contributed by atoms with Crippen LogP contribution in [0, 0.1) is 0 Å². The summed E-state index contributed by atoms with van der Waals surface area (Å²) >= 11 is 6.20. The fourth-order valence-electron chi connectivity index (χ4n) is 2.77. The van der Waals surface area contributed by atoms with Crippen LogP contribution in [0.1, 0.15) is 27.7 Å². The van der Waals surface area contributed by atoms with E-state index in [1.54, 1.807) is 18.2 Å². The summed E-state index contributed by atoms with van der Waals surface area (Å²) in [4.78, 5) is 20.7. The van der Waals surface area contributed by atoms with Gasteiger partial charge in [-0.1, -0.05) is 29.8 Å². The lowest BCUT2D eigenvalue weighted by Gasteiger charge is -2.11. The van der Waals surface area contributed by atoms with Crippen molar-refractivity contribution in [3.63, 3.8) is 0 Å². The number of nitrogens with two attached hydrogens (primary N) is 1. The summed E-state index contributed by atoms with van der Waals surface area (Å²) in [6.07, 6.45) is 1.35. The molecule has 0 saturated carbocycles. The van der Waals surface area contributed by atoms with Crippen LogP contribution in [0.5, 0.6) is 0 Å². The Morgan fingerprint density at radius 3 is 2.75 bits per heavy atom. The number of furan rings is 1. The summed E-state index contributed by atoms with van der Waals surface area (Å²) in [5.41, 5.74) is 7.76. The molecule has 7 heteroatoms. The van der Waals surface area contributed by atoms with E-state index in [4.69, 9.17) is 26.5 Å². The molecule has 120 valence electrons. The highest BCUT2D eigenvalue weighted by Crippen LogP contribution is 2.38. The molecule has 1 unspecified atom stereocenters. The third-order valence-electron chi connectivity index (χ3n) is 3.83. The van der Waals surface area contributed by atoms with Gasteiger partial charge in [-0.15, -0.1) is 0 Å². The molecular weight excluding hydrogens is 330 g/mol. The lowest BCUT2D eigenvalue weighted by molar-refractivity contribution is 0.0382. The number of carbonyl (C=O) groups is 1. The summed E-state index contributed by atoms with van der Waals surface area (Å²) < 4.78 is 10.8. The first-order valence-corrected chi connectivity index (χ1v) is 7.67. The number of nitrogens with zero attached hydrogens (tertiary/aromatic N) is 2. The van der Waals surface area contributed by atoms with E-state index in [0.29, 0.717) is 28.6 Å². The molecule has 4 rings (SSSR count). The molecule has 24 heavy (non-hydrogen) atoms. The Morgan fingerprint density at radius 1 is 1.17 bits per heavy atom. The van der Waals surface area contributed by atoms with Gasteiger partial charge in [-0.3, -0.25) is 0 Å². The van der Waals surface area contributed by atoms with Gasteiger partial charge in [0.25, 0.3) is 0 Å². The van der Waals surface area contributed by atoms with Crippen molar-refractivity contribution in [3.05, 3.63) is 64.5 Å². The molecule has 3 heterocycles. The maximum Gasteiger partial charge on any atom is 0.343 e. The van der Waals surface area contributed by atoms with Gasteiger partial charge in [0.05, 0.1) is 6.26 Å². The molecule has 2 aromatic heterocycles. The number of ether oxygens (including phenoxy) is 1. The zero-order valence-corrected chi connectivity index (χ0v) is 13.2. The van der Waals surface area contributed by atoms with Crippen LogP contribution in [0.4, 0.5) is 5.95 Å². The Morgan fingerprint density at radius 2 is 2.00 bits per heavy atom. The van der Waals surface area contributed by atoms with Crippen LogP contribution in [0.15, 0.2) is 47.1 Å². The van der Waals surface area contributed by atoms with Gasteiger partial charge in [-0.05, 0) is 23.8 Å². The van der Waals surface area contributed by atoms with E-state index in [0.717, 1.165) is 5.56 Å². The van der Waals surface area contributed by atoms with Crippen molar-refractivity contribution in [2.24, 2.45) is 0 Å². The Labute approximate surface area is 142 Å². The Bertz CT molecular complexity index is 925. The summed E-state index contributed by atoms with van der Waals surface area (Å²) in [5, 5.41) is 0.607. The number of rotatable bonds is 3. The molecule has 1 aromatic carbocycles. The van der Waals surface area contributed by atoms with Crippen LogP contribution in [0.2, 0.25) is 5.02 Å². The van der Waals surface area contributed by atoms with E-state index in [2.05, 4.69) is 9.97 Å². The van der Waals surface area contributed by atoms with E-state index in [1.807, 2.05) is 18.2 Å². The zero-order chi connectivity index (χ0) is 16.7. The van der Waals surface area contributed by atoms with Crippen LogP contribution in [-0.4, -0.2) is 15.9 Å². The third-order valence-corrected chi connectivity index (χ3v) is 4.20. The van der Waals surface area contributed by atoms with Crippen molar-refractivity contribution in [2.45, 2.75) is 12.5 Å². The highest BCUT2D eigenvalue weighted by atomic mass is 35.5. The number of hydrogen-bond donors (Lipinski definition) is 1. The first kappa shape index (κ1) is 14.7. The number of nitrogen functional groups attached to an aromatic ring is 1. The molecule has 0 amide bonds. The number of esters is 1. The van der Waals surface area contributed by atoms with Crippen molar-refractivity contribution in [1.29, 1.82) is 0 Å². The van der Waals surface area contributed by atoms with E-state index in [-0.39, 0.29) is 11.5 Å². The molecule has 3 aromatic rings. The quantitative estimate of drug-likeness (QED) is 0.734. The first-order valence-electron chi connectivity index (χ1n) is 7.29. The van der Waals surface area contributed by atoms with Crippen molar-refractivity contribution in [2.75, 3.05) is 5.73 Å². The SMILES string of the molecule is Nc1nc(-c2ccco2)c2c(n1)C(Cc1ccccc1Cl)OC2=O. The number of aromatic nitrogens is 2. The van der Waals surface area contributed by atoms with Gasteiger partial charge in [-0.2, -0.15) is 0 Å². The fourth-order valence-corrected chi connectivity index (χ4v) is 2.98. The van der Waals surface area contributed by atoms with Crippen molar-refractivity contribution >= 4 is 23.5 Å². The largest absolute Gasteiger partial charge is 0.463 e. The van der Waals surface area contributed by atoms with E-state index >= 15 is 0 Å². The lowest BCUT2D eigenvalue weighted by atomic mass is 10.0. The van der Waals surface area contributed by atoms with Gasteiger partial charge in [0, 0.05) is 11.4 Å². The Hall–Kier alpha value is -2.86. The van der Waals surface area contributed by atoms with Crippen LogP contribution in [0.25, 0.3) is 11.5 Å². The second-order valence-corrected chi connectivity index (χ2v) is 5.76. The van der Waals surface area contributed by atoms with Gasteiger partial charge in [-0.25, -0.2) is 14.8 Å². The number of cyclic esters (lactones) is 1. The van der Waals surface area contributed by atoms with Crippen molar-refractivity contribution in [1.82, 2.24) is 9.97 Å². The fraction of sp³-hybridized carbons (Fsp3) is 0.118. The molecule has 1 atom stereocenters. The number of benzene rings is 1. The predicted octanol–water partition coefficient (Wildman–Crippen LogP) is 3.43. The van der Waals surface area contributed by atoms with Crippen molar-refractivity contribution < 1.29 is 13.9 Å². The summed E-state index contributed by atoms with van der Waals surface area (Å²) in [5.74, 6) is 0.00626. The van der Waals surface area contributed by atoms with Gasteiger partial charge in [0.15, 0.2) is 5.76 Å². The zero-order valence-electron chi connectivity index (χ0n) is 12.4. The average Bonchev–Trinajstić information content (AvgIpc) is 3.18. The van der Waals surface area contributed by atoms with E-state index < -0.39 is 12.1 Å². The van der Waals surface area contributed by atoms with Crippen molar-refractivity contribution in [3.8, 4) is 11.5 Å². The highest BCUT2D eigenvalue weighted by molar-refractivity contribution is 6.31. The van der Waals surface area contributed by atoms with Crippen LogP contribution in [-0.2, 0) is 11.2 Å². The van der Waals surface area contributed by atoms with Gasteiger partial charge < -0.3 is 14.9 Å². The van der Waals surface area contributed by atoms with Crippen LogP contribution in [0.3, 0.4) is 0 Å². The number of carbonyl (C=O) groups excluding carboxylic acids is 1. The van der Waals surface area contributed by atoms with Gasteiger partial charge in [0.1, 0.15) is 23.1 Å². The summed E-state index contributed by atoms with van der Waals surface area (Å²) in [6.45, 7) is 0. The van der Waals surface area contributed by atoms with E-state index in [9.17, 15) is 4.79 Å². The third kappa shape index (κ3) is 2.41. The first-order chi connectivity index (χ1) is 11.6. The number of halogens is 1. The van der Waals surface area contributed by atoms with Gasteiger partial charge in [0.2, 0.25) is 5.95 Å². The Kier molecular flexibility index (Phi) is 3.46. The monoisotopic (exact) mass is 341 g/mol. The van der Waals surface area contributed by atoms with E-state index in [1.165, 1.54) is 6.26 Å². The molecule has 1 aliphatic rings. The number of hydrogen-bond acceptors (Lipinski definition) is 6. The number of anilines is 1. The lowest BCUT2D eigenvalue weighted by Crippen LogP contribution is -2.07. The second-order valence-electron chi connectivity index (χ2n) is 5.36. The molecule has 2 N–H and O–H groups in total. The number of fused-ring (bicyclic) bond motifs is 1. The normalized spacial score (nSPS) is 16.0. The average molecular weight is 342 g/mol. The maximum absolute atomic E-state index is 12.4. The minimum Gasteiger partial charge on any atom is -0.463 e. The minimum absolute atomic E-state index is 0.0580. The summed E-state index contributed by atoms with van der Waals surface area (Å²) in [7, 11) is 0. The maximum atomic E-state index is 12.4. The smallest absolute Gasteiger partial charge is 0.343 e. The minimum atomic E-state index is -0.564. The van der Waals surface area contributed by atoms with Crippen LogP contribution < -0.4 is 5.73 Å². The summed E-state index contributed by atoms with van der Waals surface area (Å²) in [6, 6.07) is 10.8. The molecular formula is C17H12ClN3O3. The molecule has 0 fully saturated rings. The second kappa shape index (κ2) is 5.65. The highest BCUT2D eigenvalue weighted by Gasteiger charge is 2.37. The molecule has 0 bridgehead atoms. The molecule has 6 nitrogen and oxygen atoms in total. The standard InChI is InChI=1S/C17H12ClN3O3/c18-10-5-2-1-4-9(10)8-12-15-13(16(22)24-12)14(20-17(19)21-15)11-6-3-7-23-11/h1-7,12H,8H2,(H2,19,20,21). The van der Waals surface area contributed by atoms with Crippen LogP contribution >= 0.6 is 11.6 Å². The predicted molar refractivity (Wildman–Crippen MR) is 87.5 cm³/mol. The Balaban J connectivity index is 1.79.